The largest absolute Gasteiger partial charge is 0.497 e. The van der Waals surface area contributed by atoms with Gasteiger partial charge in [-0.25, -0.2) is 0 Å². The van der Waals surface area contributed by atoms with Gasteiger partial charge in [-0.2, -0.15) is 0 Å². The highest BCUT2D eigenvalue weighted by molar-refractivity contribution is 6.31. The third kappa shape index (κ3) is 15.7. The molecule has 0 aliphatic carbocycles. The predicted molar refractivity (Wildman–Crippen MR) is 306 cm³/mol. The van der Waals surface area contributed by atoms with Crippen molar-refractivity contribution in [1.82, 2.24) is 34.8 Å². The van der Waals surface area contributed by atoms with Gasteiger partial charge in [0.15, 0.2) is 0 Å². The fourth-order valence-electron chi connectivity index (χ4n) is 8.14. The van der Waals surface area contributed by atoms with E-state index in [0.29, 0.717) is 11.1 Å². The topological polar surface area (TPSA) is 138 Å². The number of hydrogen-bond donors (Lipinski definition) is 4. The molecule has 6 heterocycles. The van der Waals surface area contributed by atoms with Crippen molar-refractivity contribution < 1.29 is 4.74 Å². The first-order valence-electron chi connectivity index (χ1n) is 24.5. The molecule has 10 rings (SSSR count). The summed E-state index contributed by atoms with van der Waals surface area (Å²) in [5.74, 6) is 0.814. The van der Waals surface area contributed by atoms with E-state index < -0.39 is 0 Å². The van der Waals surface area contributed by atoms with E-state index in [0.717, 1.165) is 115 Å². The molecule has 4 aromatic carbocycles. The zero-order chi connectivity index (χ0) is 51.2. The highest BCUT2D eigenvalue weighted by Crippen LogP contribution is 2.28. The number of fused-ring (bicyclic) bond motifs is 4. The van der Waals surface area contributed by atoms with Crippen LogP contribution in [-0.2, 0) is 13.1 Å². The molecule has 12 nitrogen and oxygen atoms in total. The van der Waals surface area contributed by atoms with Crippen LogP contribution in [0.5, 0.6) is 5.75 Å². The number of aromatic nitrogens is 6. The smallest absolute Gasteiger partial charge is 0.121 e. The first kappa shape index (κ1) is 53.2. The van der Waals surface area contributed by atoms with Crippen molar-refractivity contribution in [3.05, 3.63) is 198 Å². The molecule has 0 aliphatic heterocycles. The molecule has 0 aliphatic rings. The lowest BCUT2D eigenvalue weighted by molar-refractivity contribution is 0.295. The van der Waals surface area contributed by atoms with Crippen LogP contribution in [0.4, 0.5) is 22.7 Å². The Hall–Kier alpha value is -7.64. The Labute approximate surface area is 438 Å². The van der Waals surface area contributed by atoms with Gasteiger partial charge in [-0.15, -0.1) is 0 Å². The van der Waals surface area contributed by atoms with Crippen LogP contribution in [0.2, 0.25) is 10.0 Å². The van der Waals surface area contributed by atoms with Crippen molar-refractivity contribution >= 4 is 89.6 Å². The summed E-state index contributed by atoms with van der Waals surface area (Å²) in [5.41, 5.74) is 10.4. The zero-order valence-electron chi connectivity index (χ0n) is 42.1. The van der Waals surface area contributed by atoms with Crippen LogP contribution in [0.3, 0.4) is 0 Å². The SMILES string of the molecule is CCN(CC)CCCC(C)Nc1ccnc2cc(Cl)ccc12.CNc1ccnc2ccccc12.COc1ccc2c(NCc3cccnc3)ccnc2c1.Clc1ccc2c(NCc3cccnc3)ccnc2c1. The minimum absolute atomic E-state index is 0.442. The summed E-state index contributed by atoms with van der Waals surface area (Å²) in [7, 11) is 3.58. The number of para-hydroxylation sites is 1. The maximum atomic E-state index is 6.04. The molecule has 0 bridgehead atoms. The molecular weight excluding hydrogens is 950 g/mol. The number of nitrogens with one attached hydrogen (secondary N) is 4. The molecule has 374 valence electrons. The Kier molecular flexibility index (Phi) is 20.3. The van der Waals surface area contributed by atoms with Crippen molar-refractivity contribution in [2.45, 2.75) is 52.7 Å². The highest BCUT2D eigenvalue weighted by Gasteiger charge is 2.09. The molecule has 0 saturated heterocycles. The van der Waals surface area contributed by atoms with E-state index in [1.54, 1.807) is 31.9 Å². The van der Waals surface area contributed by atoms with Gasteiger partial charge in [-0.05, 0) is 142 Å². The number of pyridine rings is 6. The van der Waals surface area contributed by atoms with Crippen LogP contribution in [0.15, 0.2) is 177 Å². The average molecular weight is 1010 g/mol. The summed E-state index contributed by atoms with van der Waals surface area (Å²) in [6.07, 6.45) is 16.9. The van der Waals surface area contributed by atoms with E-state index in [2.05, 4.69) is 82.9 Å². The highest BCUT2D eigenvalue weighted by atomic mass is 35.5. The van der Waals surface area contributed by atoms with Crippen molar-refractivity contribution in [2.75, 3.05) is 55.1 Å². The zero-order valence-corrected chi connectivity index (χ0v) is 43.6. The number of nitrogens with zero attached hydrogens (tertiary/aromatic N) is 7. The lowest BCUT2D eigenvalue weighted by atomic mass is 10.1. The molecule has 0 saturated carbocycles. The molecule has 73 heavy (non-hydrogen) atoms. The van der Waals surface area contributed by atoms with Gasteiger partial charge >= 0.3 is 0 Å². The van der Waals surface area contributed by atoms with Crippen LogP contribution in [0.1, 0.15) is 44.7 Å². The lowest BCUT2D eigenvalue weighted by Gasteiger charge is -2.20. The summed E-state index contributed by atoms with van der Waals surface area (Å²) in [6, 6.07) is 41.9. The van der Waals surface area contributed by atoms with Crippen LogP contribution < -0.4 is 26.0 Å². The predicted octanol–water partition coefficient (Wildman–Crippen LogP) is 14.2. The first-order chi connectivity index (χ1) is 35.7. The van der Waals surface area contributed by atoms with Gasteiger partial charge in [0, 0.05) is 136 Å². The van der Waals surface area contributed by atoms with Crippen molar-refractivity contribution in [1.29, 1.82) is 0 Å². The van der Waals surface area contributed by atoms with E-state index in [4.69, 9.17) is 27.9 Å². The van der Waals surface area contributed by atoms with E-state index in [-0.39, 0.29) is 0 Å². The van der Waals surface area contributed by atoms with Gasteiger partial charge in [-0.3, -0.25) is 29.9 Å². The molecule has 14 heteroatoms. The van der Waals surface area contributed by atoms with Crippen LogP contribution in [0, 0.1) is 0 Å². The Morgan fingerprint density at radius 3 is 1.56 bits per heavy atom. The Bertz CT molecular complexity index is 3270. The number of benzene rings is 4. The molecule has 6 aromatic heterocycles. The average Bonchev–Trinajstić information content (AvgIpc) is 3.43. The Morgan fingerprint density at radius 1 is 0.534 bits per heavy atom. The van der Waals surface area contributed by atoms with Gasteiger partial charge in [-0.1, -0.05) is 67.4 Å². The number of halogens is 2. The minimum atomic E-state index is 0.442. The molecule has 4 N–H and O–H groups in total. The molecule has 0 radical (unpaired) electrons. The maximum Gasteiger partial charge on any atom is 0.121 e. The fourth-order valence-corrected chi connectivity index (χ4v) is 8.48. The van der Waals surface area contributed by atoms with E-state index in [1.165, 1.54) is 18.4 Å². The van der Waals surface area contributed by atoms with Crippen molar-refractivity contribution in [2.24, 2.45) is 0 Å². The normalized spacial score (nSPS) is 11.1. The van der Waals surface area contributed by atoms with E-state index >= 15 is 0 Å². The standard InChI is InChI=1S/C18H26ClN3.C16H15N3O.C15H12ClN3.C10H10N2/c1-4-22(5-2)12-6-7-14(3)21-17-10-11-20-18-13-15(19)8-9-16(17)18;1-20-13-4-5-14-15(6-8-18-16(14)9-13)19-11-12-3-2-7-17-10-12;16-12-3-4-13-14(5-7-18-15(13)8-12)19-10-11-2-1-6-17-9-11;1-11-9-6-7-12-10-5-3-2-4-8(9)10/h8-11,13-14H,4-7,12H2,1-3H3,(H,20,21);2-10H,11H2,1H3,(H,18,19);1-9H,10H2,(H,18,19);2-7H,1H3,(H,11,12). The van der Waals surface area contributed by atoms with E-state index in [1.807, 2.05) is 153 Å². The molecular formula is C59H63Cl2N11O. The molecule has 0 fully saturated rings. The number of ether oxygens (including phenoxy) is 1. The summed E-state index contributed by atoms with van der Waals surface area (Å²) < 4.78 is 5.22. The third-order valence-electron chi connectivity index (χ3n) is 12.1. The minimum Gasteiger partial charge on any atom is -0.497 e. The number of anilines is 4. The van der Waals surface area contributed by atoms with Gasteiger partial charge in [0.2, 0.25) is 0 Å². The maximum absolute atomic E-state index is 6.04. The third-order valence-corrected chi connectivity index (χ3v) is 12.6. The van der Waals surface area contributed by atoms with Gasteiger partial charge in [0.25, 0.3) is 0 Å². The van der Waals surface area contributed by atoms with Crippen LogP contribution >= 0.6 is 23.2 Å². The number of rotatable bonds is 16. The Balaban J connectivity index is 0.000000145. The summed E-state index contributed by atoms with van der Waals surface area (Å²) in [5, 5.41) is 19.4. The van der Waals surface area contributed by atoms with Gasteiger partial charge in [0.1, 0.15) is 5.75 Å². The first-order valence-corrected chi connectivity index (χ1v) is 25.3. The van der Waals surface area contributed by atoms with Gasteiger partial charge < -0.3 is 30.9 Å². The molecule has 0 spiro atoms. The molecule has 1 atom stereocenters. The number of methoxy groups -OCH3 is 1. The quantitative estimate of drug-likeness (QED) is 0.0733. The molecule has 0 amide bonds. The van der Waals surface area contributed by atoms with Crippen LogP contribution in [0.25, 0.3) is 43.6 Å². The fraction of sp³-hybridized carbons (Fsp3) is 0.220. The summed E-state index contributed by atoms with van der Waals surface area (Å²) in [4.78, 5) is 28.0. The van der Waals surface area contributed by atoms with Gasteiger partial charge in [0.05, 0.1) is 29.2 Å². The second kappa shape index (κ2) is 27.8. The van der Waals surface area contributed by atoms with Crippen LogP contribution in [-0.4, -0.2) is 74.6 Å². The Morgan fingerprint density at radius 2 is 1.03 bits per heavy atom. The monoisotopic (exact) mass is 1010 g/mol. The number of hydrogen-bond acceptors (Lipinski definition) is 12. The molecule has 10 aromatic rings. The lowest BCUT2D eigenvalue weighted by Crippen LogP contribution is -2.25. The van der Waals surface area contributed by atoms with E-state index in [9.17, 15) is 0 Å². The van der Waals surface area contributed by atoms with Crippen molar-refractivity contribution in [3.8, 4) is 5.75 Å². The summed E-state index contributed by atoms with van der Waals surface area (Å²) in [6.45, 7) is 11.6. The van der Waals surface area contributed by atoms with Crippen molar-refractivity contribution in [3.63, 3.8) is 0 Å². The molecule has 1 unspecified atom stereocenters. The second-order valence-corrected chi connectivity index (χ2v) is 17.9. The second-order valence-electron chi connectivity index (χ2n) is 17.1. The summed E-state index contributed by atoms with van der Waals surface area (Å²) >= 11 is 12.0.